The Bertz CT molecular complexity index is 579. The molecule has 1 aliphatic heterocycles. The molecule has 0 aromatic heterocycles. The van der Waals surface area contributed by atoms with Crippen LogP contribution < -0.4 is 5.32 Å². The molecule has 0 aromatic carbocycles. The summed E-state index contributed by atoms with van der Waals surface area (Å²) in [7, 11) is -4.12. The Balaban J connectivity index is 2.29. The molecule has 6 nitrogen and oxygen atoms in total. The molecule has 1 aliphatic rings. The number of hydrogen-bond acceptors (Lipinski definition) is 5. The SMILES string of the molecule is CCCCCCCCCCCCCCS(=O)(=O)N(OC(=O)C(F)(F)F)[C@@H]1CCNC1. The van der Waals surface area contributed by atoms with Crippen molar-refractivity contribution in [1.29, 1.82) is 0 Å². The Morgan fingerprint density at radius 1 is 0.967 bits per heavy atom. The molecule has 0 aliphatic carbocycles. The summed E-state index contributed by atoms with van der Waals surface area (Å²) in [5.74, 6) is -2.83. The van der Waals surface area contributed by atoms with Crippen LogP contribution in [0.2, 0.25) is 0 Å². The maximum Gasteiger partial charge on any atom is 0.492 e. The van der Waals surface area contributed by atoms with Crippen molar-refractivity contribution in [2.75, 3.05) is 18.8 Å². The van der Waals surface area contributed by atoms with E-state index in [1.165, 1.54) is 44.9 Å². The van der Waals surface area contributed by atoms with Gasteiger partial charge in [0.25, 0.3) is 0 Å². The number of rotatable bonds is 16. The second-order valence-electron chi connectivity index (χ2n) is 7.98. The average Bonchev–Trinajstić information content (AvgIpc) is 3.20. The fourth-order valence-electron chi connectivity index (χ4n) is 3.53. The maximum atomic E-state index is 12.5. The third kappa shape index (κ3) is 10.9. The van der Waals surface area contributed by atoms with Crippen molar-refractivity contribution in [1.82, 2.24) is 9.79 Å². The Labute approximate surface area is 178 Å². The minimum Gasteiger partial charge on any atom is -0.345 e. The molecule has 0 spiro atoms. The van der Waals surface area contributed by atoms with Crippen LogP contribution in [-0.2, 0) is 19.7 Å². The largest absolute Gasteiger partial charge is 0.492 e. The number of nitrogens with zero attached hydrogens (tertiary/aromatic N) is 1. The molecule has 1 N–H and O–H groups in total. The van der Waals surface area contributed by atoms with Crippen LogP contribution in [0, 0.1) is 0 Å². The van der Waals surface area contributed by atoms with E-state index in [9.17, 15) is 26.4 Å². The number of sulfonamides is 1. The lowest BCUT2D eigenvalue weighted by molar-refractivity contribution is -0.226. The Kier molecular flexibility index (Phi) is 12.9. The lowest BCUT2D eigenvalue weighted by Gasteiger charge is -2.26. The number of nitrogens with one attached hydrogen (secondary N) is 1. The highest BCUT2D eigenvalue weighted by Crippen LogP contribution is 2.22. The van der Waals surface area contributed by atoms with Gasteiger partial charge in [0, 0.05) is 6.54 Å². The minimum absolute atomic E-state index is 0.156. The van der Waals surface area contributed by atoms with Crippen LogP contribution in [0.3, 0.4) is 0 Å². The lowest BCUT2D eigenvalue weighted by atomic mass is 10.1. The molecule has 30 heavy (non-hydrogen) atoms. The van der Waals surface area contributed by atoms with Gasteiger partial charge in [-0.25, -0.2) is 13.2 Å². The zero-order chi connectivity index (χ0) is 22.5. The van der Waals surface area contributed by atoms with Gasteiger partial charge in [0.2, 0.25) is 10.0 Å². The molecule has 1 atom stereocenters. The van der Waals surface area contributed by atoms with E-state index >= 15 is 0 Å². The van der Waals surface area contributed by atoms with Crippen LogP contribution in [0.4, 0.5) is 13.2 Å². The summed E-state index contributed by atoms with van der Waals surface area (Å²) in [6, 6.07) is -0.807. The first-order chi connectivity index (χ1) is 14.2. The van der Waals surface area contributed by atoms with Crippen molar-refractivity contribution in [3.8, 4) is 0 Å². The average molecular weight is 459 g/mol. The third-order valence-corrected chi connectivity index (χ3v) is 6.99. The lowest BCUT2D eigenvalue weighted by Crippen LogP contribution is -2.46. The monoisotopic (exact) mass is 458 g/mol. The highest BCUT2D eigenvalue weighted by molar-refractivity contribution is 7.88. The Morgan fingerprint density at radius 3 is 1.90 bits per heavy atom. The molecule has 1 rings (SSSR count). The topological polar surface area (TPSA) is 75.7 Å². The molecule has 178 valence electrons. The molecular weight excluding hydrogens is 421 g/mol. The molecule has 0 unspecified atom stereocenters. The van der Waals surface area contributed by atoms with Crippen molar-refractivity contribution in [2.24, 2.45) is 0 Å². The van der Waals surface area contributed by atoms with Crippen molar-refractivity contribution < 1.29 is 31.2 Å². The van der Waals surface area contributed by atoms with E-state index < -0.39 is 28.2 Å². The van der Waals surface area contributed by atoms with Crippen molar-refractivity contribution in [3.63, 3.8) is 0 Å². The molecule has 0 radical (unpaired) electrons. The number of halogens is 3. The molecular formula is C20H37F3N2O4S. The zero-order valence-corrected chi connectivity index (χ0v) is 18.8. The van der Waals surface area contributed by atoms with E-state index in [1.54, 1.807) is 0 Å². The highest BCUT2D eigenvalue weighted by atomic mass is 32.2. The number of carbonyl (C=O) groups is 1. The van der Waals surface area contributed by atoms with E-state index in [2.05, 4.69) is 17.1 Å². The molecule has 1 saturated heterocycles. The summed E-state index contributed by atoms with van der Waals surface area (Å²) in [6.45, 7) is 2.81. The van der Waals surface area contributed by atoms with Gasteiger partial charge in [-0.15, -0.1) is 0 Å². The normalized spacial score (nSPS) is 17.6. The second-order valence-corrected chi connectivity index (χ2v) is 9.92. The van der Waals surface area contributed by atoms with Crippen LogP contribution in [0.25, 0.3) is 0 Å². The predicted molar refractivity (Wildman–Crippen MR) is 110 cm³/mol. The molecule has 1 heterocycles. The fourth-order valence-corrected chi connectivity index (χ4v) is 5.09. The number of hydroxylamine groups is 1. The molecule has 0 bridgehead atoms. The molecule has 0 saturated carbocycles. The number of unbranched alkanes of at least 4 members (excludes halogenated alkanes) is 11. The van der Waals surface area contributed by atoms with Gasteiger partial charge in [0.05, 0.1) is 11.8 Å². The number of carbonyl (C=O) groups excluding carboxylic acids is 1. The quantitative estimate of drug-likeness (QED) is 0.268. The van der Waals surface area contributed by atoms with Crippen molar-refractivity contribution in [3.05, 3.63) is 0 Å². The van der Waals surface area contributed by atoms with Gasteiger partial charge < -0.3 is 10.2 Å². The van der Waals surface area contributed by atoms with Gasteiger partial charge in [0.15, 0.2) is 0 Å². The summed E-state index contributed by atoms with van der Waals surface area (Å²) in [6.07, 6.45) is 7.90. The van der Waals surface area contributed by atoms with Crippen LogP contribution in [0.1, 0.15) is 90.4 Å². The Morgan fingerprint density at radius 2 is 1.47 bits per heavy atom. The minimum atomic E-state index is -5.24. The fraction of sp³-hybridized carbons (Fsp3) is 0.950. The summed E-state index contributed by atoms with van der Waals surface area (Å²) in [5, 5.41) is 2.87. The van der Waals surface area contributed by atoms with Crippen LogP contribution in [-0.4, -0.2) is 49.9 Å². The molecule has 10 heteroatoms. The van der Waals surface area contributed by atoms with Gasteiger partial charge in [-0.1, -0.05) is 77.6 Å². The van der Waals surface area contributed by atoms with Crippen molar-refractivity contribution in [2.45, 2.75) is 103 Å². The highest BCUT2D eigenvalue weighted by Gasteiger charge is 2.46. The number of alkyl halides is 3. The maximum absolute atomic E-state index is 12.5. The smallest absolute Gasteiger partial charge is 0.345 e. The first-order valence-electron chi connectivity index (χ1n) is 11.2. The Hall–Kier alpha value is -0.870. The first-order valence-corrected chi connectivity index (χ1v) is 12.8. The number of hydrogen-bond donors (Lipinski definition) is 1. The standard InChI is InChI=1S/C20H37F3N2O4S/c1-2-3-4-5-6-7-8-9-10-11-12-13-16-30(27,28)25(18-14-15-24-17-18)29-19(26)20(21,22)23/h18,24H,2-17H2,1H3/t18-/m1/s1. The summed E-state index contributed by atoms with van der Waals surface area (Å²) >= 11 is 0. The van der Waals surface area contributed by atoms with E-state index in [0.717, 1.165) is 19.3 Å². The first kappa shape index (κ1) is 27.2. The van der Waals surface area contributed by atoms with Gasteiger partial charge in [-0.2, -0.15) is 13.2 Å². The molecule has 0 aromatic rings. The second kappa shape index (κ2) is 14.2. The van der Waals surface area contributed by atoms with Gasteiger partial charge >= 0.3 is 12.1 Å². The van der Waals surface area contributed by atoms with E-state index in [4.69, 9.17) is 0 Å². The van der Waals surface area contributed by atoms with Crippen LogP contribution in [0.5, 0.6) is 0 Å². The summed E-state index contributed by atoms with van der Waals surface area (Å²) < 4.78 is 62.9. The third-order valence-electron chi connectivity index (χ3n) is 5.27. The van der Waals surface area contributed by atoms with Crippen LogP contribution >= 0.6 is 0 Å². The summed E-state index contributed by atoms with van der Waals surface area (Å²) in [5.41, 5.74) is 0. The molecule has 1 fully saturated rings. The van der Waals surface area contributed by atoms with Crippen LogP contribution in [0.15, 0.2) is 0 Å². The summed E-state index contributed by atoms with van der Waals surface area (Å²) in [4.78, 5) is 15.4. The van der Waals surface area contributed by atoms with E-state index in [-0.39, 0.29) is 16.8 Å². The predicted octanol–water partition coefficient (Wildman–Crippen LogP) is 4.70. The van der Waals surface area contributed by atoms with E-state index in [0.29, 0.717) is 25.8 Å². The van der Waals surface area contributed by atoms with Crippen molar-refractivity contribution >= 4 is 16.0 Å². The van der Waals surface area contributed by atoms with Gasteiger partial charge in [-0.05, 0) is 23.9 Å². The zero-order valence-electron chi connectivity index (χ0n) is 18.0. The van der Waals surface area contributed by atoms with Gasteiger partial charge in [-0.3, -0.25) is 0 Å². The van der Waals surface area contributed by atoms with E-state index in [1.807, 2.05) is 0 Å². The van der Waals surface area contributed by atoms with Gasteiger partial charge in [0.1, 0.15) is 0 Å². The molecule has 0 amide bonds.